The van der Waals surface area contributed by atoms with Gasteiger partial charge in [0.25, 0.3) is 5.91 Å². The lowest BCUT2D eigenvalue weighted by Gasteiger charge is -2.12. The second-order valence-corrected chi connectivity index (χ2v) is 8.57. The predicted octanol–water partition coefficient (Wildman–Crippen LogP) is 2.96. The number of benzene rings is 1. The van der Waals surface area contributed by atoms with Crippen molar-refractivity contribution in [3.05, 3.63) is 29.5 Å². The van der Waals surface area contributed by atoms with Crippen LogP contribution in [-0.4, -0.2) is 65.9 Å². The Hall–Kier alpha value is -4.20. The first kappa shape index (κ1) is 26.4. The number of amides is 2. The minimum absolute atomic E-state index is 0.0174. The lowest BCUT2D eigenvalue weighted by Crippen LogP contribution is -2.28. The van der Waals surface area contributed by atoms with Gasteiger partial charge < -0.3 is 30.0 Å². The van der Waals surface area contributed by atoms with Crippen LogP contribution in [-0.2, 0) is 9.53 Å². The smallest absolute Gasteiger partial charge is 0.408 e. The quantitative estimate of drug-likeness (QED) is 0.291. The number of phenolic OH excluding ortho intramolecular Hbond substituents is 1. The van der Waals surface area contributed by atoms with E-state index in [0.29, 0.717) is 23.6 Å². The Kier molecular flexibility index (Phi) is 9.16. The van der Waals surface area contributed by atoms with Crippen LogP contribution >= 0.6 is 0 Å². The molecule has 192 valence electrons. The number of methoxy groups -OCH3 is 1. The summed E-state index contributed by atoms with van der Waals surface area (Å²) in [5.74, 6) is 2.94. The molecule has 1 aromatic heterocycles. The summed E-state index contributed by atoms with van der Waals surface area (Å²) in [4.78, 5) is 28.5. The molecule has 2 amide bonds. The Morgan fingerprint density at radius 2 is 2.17 bits per heavy atom. The third kappa shape index (κ3) is 7.40. The summed E-state index contributed by atoms with van der Waals surface area (Å²) < 4.78 is 16.2. The average Bonchev–Trinajstić information content (AvgIpc) is 3.49. The molecule has 1 fully saturated rings. The molecule has 1 aromatic carbocycles. The fourth-order valence-electron chi connectivity index (χ4n) is 3.76. The summed E-state index contributed by atoms with van der Waals surface area (Å²) in [6, 6.07) is 4.79. The van der Waals surface area contributed by atoms with Gasteiger partial charge in [0.1, 0.15) is 23.4 Å². The number of carbonyl (C=O) groups excluding carboxylic acids is 2. The van der Waals surface area contributed by atoms with E-state index in [-0.39, 0.29) is 42.7 Å². The first-order valence-electron chi connectivity index (χ1n) is 11.6. The molecule has 11 heteroatoms. The van der Waals surface area contributed by atoms with E-state index in [9.17, 15) is 14.7 Å². The number of aromatic hydroxyl groups is 1. The van der Waals surface area contributed by atoms with Gasteiger partial charge in [0.15, 0.2) is 12.4 Å². The zero-order valence-corrected chi connectivity index (χ0v) is 20.5. The number of aromatic amines is 1. The SMILES string of the molecule is C#CCNC(=O)O[C@@H]1CC[C@H](c2cc(NC(=O)COc3cc(OC)cc(O)c3C=NC(C)C)n[nH]2)C1. The number of H-pyrrole nitrogens is 1. The Morgan fingerprint density at radius 1 is 1.36 bits per heavy atom. The largest absolute Gasteiger partial charge is 0.507 e. The predicted molar refractivity (Wildman–Crippen MR) is 134 cm³/mol. The van der Waals surface area contributed by atoms with Crippen molar-refractivity contribution in [2.24, 2.45) is 4.99 Å². The number of ether oxygens (including phenoxy) is 3. The molecule has 11 nitrogen and oxygen atoms in total. The summed E-state index contributed by atoms with van der Waals surface area (Å²) in [5.41, 5.74) is 1.19. The molecule has 0 saturated heterocycles. The molecule has 0 aliphatic heterocycles. The van der Waals surface area contributed by atoms with Crippen molar-refractivity contribution in [1.82, 2.24) is 15.5 Å². The molecule has 0 spiro atoms. The molecule has 2 aromatic rings. The second-order valence-electron chi connectivity index (χ2n) is 8.57. The number of rotatable bonds is 10. The number of hydrogen-bond acceptors (Lipinski definition) is 8. The van der Waals surface area contributed by atoms with E-state index in [2.05, 4.69) is 31.7 Å². The van der Waals surface area contributed by atoms with Crippen molar-refractivity contribution in [1.29, 1.82) is 0 Å². The average molecular weight is 498 g/mol. The van der Waals surface area contributed by atoms with Crippen LogP contribution in [0, 0.1) is 12.3 Å². The third-order valence-electron chi connectivity index (χ3n) is 5.49. The van der Waals surface area contributed by atoms with Crippen molar-refractivity contribution in [3.63, 3.8) is 0 Å². The fraction of sp³-hybridized carbons (Fsp3) is 0.440. The van der Waals surface area contributed by atoms with Gasteiger partial charge in [-0.25, -0.2) is 4.79 Å². The van der Waals surface area contributed by atoms with Crippen molar-refractivity contribution in [3.8, 4) is 29.6 Å². The Morgan fingerprint density at radius 3 is 2.89 bits per heavy atom. The van der Waals surface area contributed by atoms with Crippen LogP contribution in [0.4, 0.5) is 10.6 Å². The summed E-state index contributed by atoms with van der Waals surface area (Å²) in [5, 5.41) is 22.6. The molecule has 0 bridgehead atoms. The first-order chi connectivity index (χ1) is 17.3. The van der Waals surface area contributed by atoms with Gasteiger partial charge in [-0.3, -0.25) is 14.9 Å². The molecule has 36 heavy (non-hydrogen) atoms. The van der Waals surface area contributed by atoms with Gasteiger partial charge in [-0.15, -0.1) is 6.42 Å². The molecule has 1 aliphatic carbocycles. The van der Waals surface area contributed by atoms with Crippen LogP contribution in [0.2, 0.25) is 0 Å². The highest BCUT2D eigenvalue weighted by molar-refractivity contribution is 5.92. The molecule has 1 aliphatic rings. The number of nitrogens with one attached hydrogen (secondary N) is 3. The van der Waals surface area contributed by atoms with Crippen molar-refractivity contribution < 1.29 is 28.9 Å². The van der Waals surface area contributed by atoms with Crippen LogP contribution in [0.5, 0.6) is 17.2 Å². The number of anilines is 1. The molecular formula is C25H31N5O6. The molecule has 1 heterocycles. The summed E-state index contributed by atoms with van der Waals surface area (Å²) in [7, 11) is 1.47. The highest BCUT2D eigenvalue weighted by Gasteiger charge is 2.30. The Bertz CT molecular complexity index is 1140. The zero-order valence-electron chi connectivity index (χ0n) is 20.5. The van der Waals surface area contributed by atoms with E-state index in [1.807, 2.05) is 13.8 Å². The first-order valence-corrected chi connectivity index (χ1v) is 11.6. The number of nitrogens with zero attached hydrogens (tertiary/aromatic N) is 2. The molecule has 0 unspecified atom stereocenters. The molecule has 2 atom stereocenters. The van der Waals surface area contributed by atoms with Crippen LogP contribution in [0.15, 0.2) is 23.2 Å². The number of terminal acetylenes is 1. The van der Waals surface area contributed by atoms with Gasteiger partial charge in [-0.1, -0.05) is 5.92 Å². The lowest BCUT2D eigenvalue weighted by molar-refractivity contribution is -0.118. The minimum Gasteiger partial charge on any atom is -0.507 e. The minimum atomic E-state index is -0.529. The van der Waals surface area contributed by atoms with Gasteiger partial charge in [0.05, 0.1) is 19.2 Å². The second kappa shape index (κ2) is 12.5. The van der Waals surface area contributed by atoms with E-state index in [0.717, 1.165) is 18.5 Å². The van der Waals surface area contributed by atoms with Crippen LogP contribution in [0.25, 0.3) is 0 Å². The van der Waals surface area contributed by atoms with Crippen LogP contribution in [0.3, 0.4) is 0 Å². The molecule has 1 saturated carbocycles. The number of carbonyl (C=O) groups is 2. The van der Waals surface area contributed by atoms with Crippen molar-refractivity contribution in [2.45, 2.75) is 51.2 Å². The van der Waals surface area contributed by atoms with Crippen molar-refractivity contribution in [2.75, 3.05) is 25.6 Å². The monoisotopic (exact) mass is 497 g/mol. The maximum atomic E-state index is 12.5. The van der Waals surface area contributed by atoms with E-state index in [1.165, 1.54) is 19.4 Å². The molecule has 0 radical (unpaired) electrons. The molecule has 3 rings (SSSR count). The summed E-state index contributed by atoms with van der Waals surface area (Å²) in [6.07, 6.45) is 8.06. The number of phenols is 1. The number of alkyl carbamates (subject to hydrolysis) is 1. The molecular weight excluding hydrogens is 466 g/mol. The zero-order chi connectivity index (χ0) is 26.1. The van der Waals surface area contributed by atoms with Crippen molar-refractivity contribution >= 4 is 24.0 Å². The highest BCUT2D eigenvalue weighted by atomic mass is 16.6. The standard InChI is InChI=1S/C25H31N5O6/c1-5-8-26-25(33)36-17-7-6-16(9-17)20-12-23(30-29-20)28-24(32)14-35-22-11-18(34-4)10-21(31)19(22)13-27-15(2)3/h1,10-13,15-17,31H,6-9,14H2,2-4H3,(H,26,33)(H2,28,29,30,32)/t16-,17+/m0/s1. The number of aliphatic imine (C=N–C) groups is 1. The van der Waals surface area contributed by atoms with E-state index >= 15 is 0 Å². The Labute approximate surface area is 209 Å². The number of aromatic nitrogens is 2. The van der Waals surface area contributed by atoms with Crippen LogP contribution < -0.4 is 20.1 Å². The van der Waals surface area contributed by atoms with E-state index < -0.39 is 12.0 Å². The maximum Gasteiger partial charge on any atom is 0.408 e. The maximum absolute atomic E-state index is 12.5. The lowest BCUT2D eigenvalue weighted by atomic mass is 10.0. The van der Waals surface area contributed by atoms with Gasteiger partial charge >= 0.3 is 6.09 Å². The fourth-order valence-corrected chi connectivity index (χ4v) is 3.76. The van der Waals surface area contributed by atoms with Gasteiger partial charge in [-0.05, 0) is 33.1 Å². The number of hydrogen-bond donors (Lipinski definition) is 4. The summed E-state index contributed by atoms with van der Waals surface area (Å²) in [6.45, 7) is 3.61. The highest BCUT2D eigenvalue weighted by Crippen LogP contribution is 2.36. The van der Waals surface area contributed by atoms with Gasteiger partial charge in [0.2, 0.25) is 0 Å². The van der Waals surface area contributed by atoms with Gasteiger partial charge in [0, 0.05) is 42.1 Å². The topological polar surface area (TPSA) is 147 Å². The summed E-state index contributed by atoms with van der Waals surface area (Å²) >= 11 is 0. The van der Waals surface area contributed by atoms with E-state index in [1.54, 1.807) is 12.1 Å². The third-order valence-corrected chi connectivity index (χ3v) is 5.49. The molecule has 4 N–H and O–H groups in total. The van der Waals surface area contributed by atoms with Crippen LogP contribution in [0.1, 0.15) is 50.3 Å². The van der Waals surface area contributed by atoms with Gasteiger partial charge in [-0.2, -0.15) is 5.10 Å². The normalized spacial score (nSPS) is 17.1. The Balaban J connectivity index is 1.55. The van der Waals surface area contributed by atoms with E-state index in [4.69, 9.17) is 20.6 Å².